The second-order valence-electron chi connectivity index (χ2n) is 5.81. The van der Waals surface area contributed by atoms with E-state index in [4.69, 9.17) is 0 Å². The average Bonchev–Trinajstić information content (AvgIpc) is 2.55. The molecule has 0 spiro atoms. The normalized spacial score (nSPS) is 11.1. The van der Waals surface area contributed by atoms with E-state index in [1.807, 2.05) is 50.2 Å². The van der Waals surface area contributed by atoms with Crippen LogP contribution in [0, 0.1) is 25.2 Å². The highest BCUT2D eigenvalue weighted by atomic mass is 16.1. The van der Waals surface area contributed by atoms with Gasteiger partial charge in [0.2, 0.25) is 5.78 Å². The van der Waals surface area contributed by atoms with Crippen LogP contribution in [0.2, 0.25) is 0 Å². The summed E-state index contributed by atoms with van der Waals surface area (Å²) in [5, 5.41) is 9.36. The third-order valence-electron chi connectivity index (χ3n) is 3.85. The summed E-state index contributed by atoms with van der Waals surface area (Å²) in [5.41, 5.74) is 5.06. The topological polar surface area (TPSA) is 40.9 Å². The molecular weight excluding hydrogens is 282 g/mol. The van der Waals surface area contributed by atoms with E-state index in [-0.39, 0.29) is 11.4 Å². The molecule has 0 saturated carbocycles. The van der Waals surface area contributed by atoms with Crippen LogP contribution in [0.4, 0.5) is 0 Å². The number of hydrogen-bond acceptors (Lipinski definition) is 2. The molecular formula is C21H21NO. The summed E-state index contributed by atoms with van der Waals surface area (Å²) < 4.78 is 0. The zero-order valence-electron chi connectivity index (χ0n) is 13.9. The Bertz CT molecular complexity index is 776. The predicted octanol–water partition coefficient (Wildman–Crippen LogP) is 5.05. The van der Waals surface area contributed by atoms with Crippen LogP contribution in [0.1, 0.15) is 46.0 Å². The summed E-state index contributed by atoms with van der Waals surface area (Å²) in [6.07, 6.45) is 3.75. The lowest BCUT2D eigenvalue weighted by Gasteiger charge is -2.05. The lowest BCUT2D eigenvalue weighted by atomic mass is 9.98. The van der Waals surface area contributed by atoms with Crippen LogP contribution in [0.5, 0.6) is 0 Å². The van der Waals surface area contributed by atoms with Gasteiger partial charge >= 0.3 is 0 Å². The van der Waals surface area contributed by atoms with Crippen LogP contribution in [-0.4, -0.2) is 5.78 Å². The lowest BCUT2D eigenvalue weighted by molar-refractivity contribution is 0.104. The second kappa shape index (κ2) is 7.56. The Labute approximate surface area is 138 Å². The van der Waals surface area contributed by atoms with E-state index in [1.165, 1.54) is 5.56 Å². The number of hydrogen-bond donors (Lipinski definition) is 0. The number of aryl methyl sites for hydroxylation is 3. The standard InChI is InChI=1S/C21H21NO/c1-4-5-17-7-10-18(11-8-17)21(23)20(14-22)13-19-9-6-15(2)12-16(19)3/h6-13H,4-5H2,1-3H3. The molecule has 0 N–H and O–H groups in total. The van der Waals surface area contributed by atoms with Crippen LogP contribution < -0.4 is 0 Å². The Hall–Kier alpha value is -2.66. The number of ketones is 1. The molecule has 0 amide bonds. The van der Waals surface area contributed by atoms with Gasteiger partial charge in [0.25, 0.3) is 0 Å². The van der Waals surface area contributed by atoms with Crippen LogP contribution in [0.3, 0.4) is 0 Å². The summed E-state index contributed by atoms with van der Waals surface area (Å²) >= 11 is 0. The smallest absolute Gasteiger partial charge is 0.203 e. The molecule has 2 heteroatoms. The number of carbonyl (C=O) groups is 1. The number of nitrogens with zero attached hydrogens (tertiary/aromatic N) is 1. The highest BCUT2D eigenvalue weighted by molar-refractivity contribution is 6.14. The number of rotatable bonds is 5. The fourth-order valence-electron chi connectivity index (χ4n) is 2.56. The first kappa shape index (κ1) is 16.7. The summed E-state index contributed by atoms with van der Waals surface area (Å²) in [6.45, 7) is 6.13. The van der Waals surface area contributed by atoms with Gasteiger partial charge in [-0.05, 0) is 43.0 Å². The summed E-state index contributed by atoms with van der Waals surface area (Å²) in [6, 6.07) is 15.6. The molecule has 2 nitrogen and oxygen atoms in total. The number of carbonyl (C=O) groups excluding carboxylic acids is 1. The number of nitriles is 1. The maximum absolute atomic E-state index is 12.5. The fraction of sp³-hybridized carbons (Fsp3) is 0.238. The summed E-state index contributed by atoms with van der Waals surface area (Å²) in [4.78, 5) is 12.5. The van der Waals surface area contributed by atoms with Gasteiger partial charge in [0.05, 0.1) is 0 Å². The van der Waals surface area contributed by atoms with Crippen LogP contribution >= 0.6 is 0 Å². The quantitative estimate of drug-likeness (QED) is 0.441. The molecule has 2 rings (SSSR count). The van der Waals surface area contributed by atoms with Gasteiger partial charge < -0.3 is 0 Å². The van der Waals surface area contributed by atoms with Gasteiger partial charge in [-0.1, -0.05) is 61.4 Å². The Morgan fingerprint density at radius 3 is 2.39 bits per heavy atom. The van der Waals surface area contributed by atoms with Crippen LogP contribution in [0.15, 0.2) is 48.0 Å². The molecule has 0 heterocycles. The number of benzene rings is 2. The molecule has 0 aliphatic rings. The van der Waals surface area contributed by atoms with Crippen molar-refractivity contribution >= 4 is 11.9 Å². The van der Waals surface area contributed by atoms with Gasteiger partial charge in [-0.3, -0.25) is 4.79 Å². The molecule has 0 unspecified atom stereocenters. The van der Waals surface area contributed by atoms with Gasteiger partial charge in [-0.2, -0.15) is 5.26 Å². The van der Waals surface area contributed by atoms with Gasteiger partial charge in [-0.25, -0.2) is 0 Å². The fourth-order valence-corrected chi connectivity index (χ4v) is 2.56. The van der Waals surface area contributed by atoms with Crippen molar-refractivity contribution in [2.45, 2.75) is 33.6 Å². The van der Waals surface area contributed by atoms with Crippen molar-refractivity contribution in [3.63, 3.8) is 0 Å². The molecule has 116 valence electrons. The van der Waals surface area contributed by atoms with E-state index in [9.17, 15) is 10.1 Å². The molecule has 2 aromatic rings. The molecule has 2 aromatic carbocycles. The van der Waals surface area contributed by atoms with E-state index in [0.29, 0.717) is 5.56 Å². The minimum absolute atomic E-state index is 0.167. The van der Waals surface area contributed by atoms with E-state index in [1.54, 1.807) is 18.2 Å². The maximum atomic E-state index is 12.5. The SMILES string of the molecule is CCCc1ccc(C(=O)C(C#N)=Cc2ccc(C)cc2C)cc1. The molecule has 0 aliphatic carbocycles. The first-order valence-electron chi connectivity index (χ1n) is 7.88. The first-order valence-corrected chi connectivity index (χ1v) is 7.88. The highest BCUT2D eigenvalue weighted by Crippen LogP contribution is 2.17. The van der Waals surface area contributed by atoms with Crippen LogP contribution in [-0.2, 0) is 6.42 Å². The molecule has 0 atom stereocenters. The Kier molecular flexibility index (Phi) is 5.49. The van der Waals surface area contributed by atoms with Gasteiger partial charge in [0.1, 0.15) is 11.6 Å². The Balaban J connectivity index is 2.31. The van der Waals surface area contributed by atoms with E-state index >= 15 is 0 Å². The third kappa shape index (κ3) is 4.17. The zero-order valence-corrected chi connectivity index (χ0v) is 13.9. The average molecular weight is 303 g/mol. The monoisotopic (exact) mass is 303 g/mol. The van der Waals surface area contributed by atoms with Crippen molar-refractivity contribution in [3.05, 3.63) is 75.9 Å². The van der Waals surface area contributed by atoms with Crippen molar-refractivity contribution < 1.29 is 4.79 Å². The molecule has 0 aliphatic heterocycles. The van der Waals surface area contributed by atoms with Crippen molar-refractivity contribution in [2.24, 2.45) is 0 Å². The van der Waals surface area contributed by atoms with Crippen molar-refractivity contribution in [1.82, 2.24) is 0 Å². The van der Waals surface area contributed by atoms with Gasteiger partial charge in [-0.15, -0.1) is 0 Å². The molecule has 23 heavy (non-hydrogen) atoms. The van der Waals surface area contributed by atoms with E-state index < -0.39 is 0 Å². The van der Waals surface area contributed by atoms with E-state index in [0.717, 1.165) is 29.5 Å². The zero-order chi connectivity index (χ0) is 16.8. The first-order chi connectivity index (χ1) is 11.0. The molecule has 0 aromatic heterocycles. The molecule has 0 saturated heterocycles. The number of Topliss-reactive ketones (excluding diaryl/α,β-unsaturated/α-hetero) is 1. The Morgan fingerprint density at radius 1 is 1.13 bits per heavy atom. The minimum atomic E-state index is -0.226. The van der Waals surface area contributed by atoms with Crippen molar-refractivity contribution in [1.29, 1.82) is 5.26 Å². The van der Waals surface area contributed by atoms with Gasteiger partial charge in [0, 0.05) is 5.56 Å². The second-order valence-corrected chi connectivity index (χ2v) is 5.81. The predicted molar refractivity (Wildman–Crippen MR) is 94.3 cm³/mol. The van der Waals surface area contributed by atoms with Gasteiger partial charge in [0.15, 0.2) is 0 Å². The molecule has 0 bridgehead atoms. The highest BCUT2D eigenvalue weighted by Gasteiger charge is 2.12. The lowest BCUT2D eigenvalue weighted by Crippen LogP contribution is -2.02. The van der Waals surface area contributed by atoms with Crippen molar-refractivity contribution in [2.75, 3.05) is 0 Å². The van der Waals surface area contributed by atoms with Crippen molar-refractivity contribution in [3.8, 4) is 6.07 Å². The summed E-state index contributed by atoms with van der Waals surface area (Å²) in [5.74, 6) is -0.226. The van der Waals surface area contributed by atoms with Crippen LogP contribution in [0.25, 0.3) is 6.08 Å². The largest absolute Gasteiger partial charge is 0.288 e. The minimum Gasteiger partial charge on any atom is -0.288 e. The maximum Gasteiger partial charge on any atom is 0.203 e. The summed E-state index contributed by atoms with van der Waals surface area (Å²) in [7, 11) is 0. The Morgan fingerprint density at radius 2 is 1.83 bits per heavy atom. The molecule has 0 radical (unpaired) electrons. The molecule has 0 fully saturated rings. The third-order valence-corrected chi connectivity index (χ3v) is 3.85. The number of allylic oxidation sites excluding steroid dienone is 1. The van der Waals surface area contributed by atoms with E-state index in [2.05, 4.69) is 6.92 Å².